The minimum atomic E-state index is -4.97. The lowest BCUT2D eigenvalue weighted by atomic mass is 10.0. The monoisotopic (exact) mass is 631 g/mol. The molecule has 1 aromatic heterocycles. The number of thioether (sulfide) groups is 1. The molecule has 3 heterocycles. The summed E-state index contributed by atoms with van der Waals surface area (Å²) in [4.78, 5) is 19.6. The van der Waals surface area contributed by atoms with E-state index in [2.05, 4.69) is 42.9 Å². The first kappa shape index (κ1) is 31.9. The minimum Gasteiger partial charge on any atom is -1.00 e. The predicted octanol–water partition coefficient (Wildman–Crippen LogP) is 3.27. The molecule has 0 bridgehead atoms. The number of nitrogens with zero attached hydrogens (tertiary/aromatic N) is 5. The summed E-state index contributed by atoms with van der Waals surface area (Å²) in [6.45, 7) is 5.55. The van der Waals surface area contributed by atoms with Gasteiger partial charge in [0, 0.05) is 5.39 Å². The van der Waals surface area contributed by atoms with Gasteiger partial charge in [-0.3, -0.25) is 9.48 Å². The van der Waals surface area contributed by atoms with Crippen LogP contribution in [0.1, 0.15) is 36.1 Å². The third-order valence-electron chi connectivity index (χ3n) is 8.15. The average molecular weight is 632 g/mol. The molecule has 6 nitrogen and oxygen atoms in total. The molecule has 0 aliphatic carbocycles. The van der Waals surface area contributed by atoms with Crippen molar-refractivity contribution in [2.75, 3.05) is 27.2 Å². The first-order chi connectivity index (χ1) is 19.0. The van der Waals surface area contributed by atoms with E-state index < -0.39 is 23.5 Å². The van der Waals surface area contributed by atoms with Gasteiger partial charge in [-0.2, -0.15) is 36.4 Å². The molecule has 1 fully saturated rings. The number of halogens is 7. The highest BCUT2D eigenvalue weighted by Gasteiger charge is 2.41. The van der Waals surface area contributed by atoms with Crippen LogP contribution in [0.3, 0.4) is 0 Å². The van der Waals surface area contributed by atoms with Gasteiger partial charge >= 0.3 is 12.4 Å². The number of likely N-dealkylation sites (N-methyl/N-ethyl adjacent to an activating group) is 1. The summed E-state index contributed by atoms with van der Waals surface area (Å²) in [6, 6.07) is 7.44. The summed E-state index contributed by atoms with van der Waals surface area (Å²) in [5, 5.41) is 5.45. The number of aliphatic imine (C=N–C) groups is 1. The lowest BCUT2D eigenvalue weighted by Gasteiger charge is -2.49. The van der Waals surface area contributed by atoms with E-state index in [9.17, 15) is 31.1 Å². The fraction of sp³-hybridized carbons (Fsp3) is 0.393. The number of hydrogen-bond donors (Lipinski definition) is 0. The smallest absolute Gasteiger partial charge is 0.416 e. The molecule has 0 N–H and O–H groups in total. The molecule has 2 aliphatic heterocycles. The van der Waals surface area contributed by atoms with Gasteiger partial charge in [0.05, 0.1) is 61.5 Å². The van der Waals surface area contributed by atoms with Crippen molar-refractivity contribution in [2.24, 2.45) is 4.99 Å². The number of amidine groups is 1. The quantitative estimate of drug-likeness (QED) is 0.253. The predicted molar refractivity (Wildman–Crippen MR) is 146 cm³/mol. The normalized spacial score (nSPS) is 22.0. The van der Waals surface area contributed by atoms with Gasteiger partial charge in [-0.25, -0.2) is 0 Å². The fourth-order valence-corrected chi connectivity index (χ4v) is 5.98. The summed E-state index contributed by atoms with van der Waals surface area (Å²) in [6.07, 6.45) is -6.68. The maximum atomic E-state index is 13.6. The van der Waals surface area contributed by atoms with E-state index in [0.717, 1.165) is 23.6 Å². The second-order valence-electron chi connectivity index (χ2n) is 11.0. The number of carbonyl (C=O) groups is 1. The number of hydrogen-bond acceptors (Lipinski definition) is 4. The molecular formula is C28H28ClF6N5OS. The molecule has 14 heteroatoms. The summed E-state index contributed by atoms with van der Waals surface area (Å²) in [5.74, 6) is -0.331. The number of quaternary nitrogens is 1. The van der Waals surface area contributed by atoms with Crippen LogP contribution < -0.4 is 12.4 Å². The molecule has 0 radical (unpaired) electrons. The zero-order valence-corrected chi connectivity index (χ0v) is 24.7. The number of rotatable bonds is 3. The molecule has 5 rings (SSSR count). The van der Waals surface area contributed by atoms with Gasteiger partial charge in [0.25, 0.3) is 5.91 Å². The fourth-order valence-electron chi connectivity index (χ4n) is 5.05. The molecule has 1 saturated heterocycles. The molecule has 2 atom stereocenters. The standard InChI is InChI=1S/C28H28F6N5OS.ClH/c1-16-13-37(14-17(2)39(16,3)4)26-36-25(40)24(41-26)10-18-5-8-23-20(9-18)12-35-38(23)15-19-6-7-21(27(29,30)31)11-22(19)28(32,33)34;/h5-12,16-17H,13-15H2,1-4H3;1H/q+1;/p-1/b24-10+;/t16-,17+;. The van der Waals surface area contributed by atoms with Crippen molar-refractivity contribution in [3.63, 3.8) is 0 Å². The number of fused-ring (bicyclic) bond motifs is 1. The second kappa shape index (κ2) is 11.2. The van der Waals surface area contributed by atoms with E-state index in [-0.39, 0.29) is 36.5 Å². The van der Waals surface area contributed by atoms with E-state index >= 15 is 0 Å². The summed E-state index contributed by atoms with van der Waals surface area (Å²) in [5.41, 5.74) is -1.87. The Bertz CT molecular complexity index is 1560. The molecular weight excluding hydrogens is 604 g/mol. The van der Waals surface area contributed by atoms with E-state index in [0.29, 0.717) is 44.7 Å². The van der Waals surface area contributed by atoms with E-state index in [1.54, 1.807) is 24.3 Å². The van der Waals surface area contributed by atoms with Crippen LogP contribution in [0.2, 0.25) is 0 Å². The third-order valence-corrected chi connectivity index (χ3v) is 9.19. The van der Waals surface area contributed by atoms with Crippen LogP contribution in [-0.2, 0) is 23.7 Å². The van der Waals surface area contributed by atoms with Crippen molar-refractivity contribution in [1.82, 2.24) is 14.7 Å². The topological polar surface area (TPSA) is 50.5 Å². The Labute approximate surface area is 249 Å². The van der Waals surface area contributed by atoms with Crippen LogP contribution in [0.15, 0.2) is 52.5 Å². The molecule has 0 saturated carbocycles. The molecule has 0 spiro atoms. The Morgan fingerprint density at radius 2 is 1.67 bits per heavy atom. The van der Waals surface area contributed by atoms with Gasteiger partial charge in [-0.1, -0.05) is 12.1 Å². The average Bonchev–Trinajstić information content (AvgIpc) is 3.44. The van der Waals surface area contributed by atoms with Crippen LogP contribution >= 0.6 is 11.8 Å². The largest absolute Gasteiger partial charge is 1.00 e. The summed E-state index contributed by atoms with van der Waals surface area (Å²) < 4.78 is 82.1. The second-order valence-corrected chi connectivity index (χ2v) is 12.0. The number of amides is 1. The van der Waals surface area contributed by atoms with Crippen molar-refractivity contribution in [1.29, 1.82) is 0 Å². The molecule has 1 amide bonds. The Morgan fingerprint density at radius 1 is 1.00 bits per heavy atom. The number of benzene rings is 2. The van der Waals surface area contributed by atoms with Crippen LogP contribution in [0, 0.1) is 0 Å². The van der Waals surface area contributed by atoms with Crippen molar-refractivity contribution >= 4 is 39.8 Å². The van der Waals surface area contributed by atoms with E-state index in [4.69, 9.17) is 0 Å². The number of piperazine rings is 1. The Hall–Kier alpha value is -3.03. The van der Waals surface area contributed by atoms with Gasteiger partial charge in [-0.05, 0) is 67.1 Å². The van der Waals surface area contributed by atoms with Gasteiger partial charge < -0.3 is 21.8 Å². The Balaban J connectivity index is 0.00000405. The van der Waals surface area contributed by atoms with Crippen LogP contribution in [0.25, 0.3) is 17.0 Å². The maximum Gasteiger partial charge on any atom is 0.416 e. The third kappa shape index (κ3) is 6.18. The molecule has 3 aromatic rings. The molecule has 0 unspecified atom stereocenters. The number of carbonyl (C=O) groups excluding carboxylic acids is 1. The SMILES string of the molecule is C[C@@H]1CN(C2=NC(=O)/C(=C\c3ccc4c(cnn4Cc4ccc(C(F)(F)F)cc4C(F)(F)F)c3)S2)C[C@H](C)[N+]1(C)C.[Cl-]. The number of aromatic nitrogens is 2. The van der Waals surface area contributed by atoms with Crippen molar-refractivity contribution in [2.45, 2.75) is 44.8 Å². The van der Waals surface area contributed by atoms with E-state index in [1.165, 1.54) is 22.6 Å². The van der Waals surface area contributed by atoms with Gasteiger partial charge in [0.15, 0.2) is 5.17 Å². The van der Waals surface area contributed by atoms with Gasteiger partial charge in [0.2, 0.25) is 0 Å². The minimum absolute atomic E-state index is 0. The first-order valence-electron chi connectivity index (χ1n) is 12.9. The summed E-state index contributed by atoms with van der Waals surface area (Å²) in [7, 11) is 4.40. The maximum absolute atomic E-state index is 13.6. The Morgan fingerprint density at radius 3 is 2.29 bits per heavy atom. The van der Waals surface area contributed by atoms with Gasteiger partial charge in [-0.15, -0.1) is 0 Å². The lowest BCUT2D eigenvalue weighted by Crippen LogP contribution is -3.00. The van der Waals surface area contributed by atoms with Crippen LogP contribution in [-0.4, -0.2) is 69.5 Å². The lowest BCUT2D eigenvalue weighted by molar-refractivity contribution is -0.939. The molecule has 226 valence electrons. The molecule has 2 aliphatic rings. The van der Waals surface area contributed by atoms with Gasteiger partial charge in [0.1, 0.15) is 12.1 Å². The van der Waals surface area contributed by atoms with E-state index in [1.807, 2.05) is 0 Å². The zero-order valence-electron chi connectivity index (χ0n) is 23.1. The molecule has 42 heavy (non-hydrogen) atoms. The highest BCUT2D eigenvalue weighted by Crippen LogP contribution is 2.38. The van der Waals surface area contributed by atoms with Crippen molar-refractivity contribution < 1.29 is 48.0 Å². The molecule has 2 aromatic carbocycles. The van der Waals surface area contributed by atoms with Crippen LogP contribution in [0.4, 0.5) is 26.3 Å². The zero-order chi connectivity index (χ0) is 29.9. The highest BCUT2D eigenvalue weighted by atomic mass is 35.5. The highest BCUT2D eigenvalue weighted by molar-refractivity contribution is 8.18. The van der Waals surface area contributed by atoms with Crippen molar-refractivity contribution in [3.05, 3.63) is 69.8 Å². The first-order valence-corrected chi connectivity index (χ1v) is 13.7. The van der Waals surface area contributed by atoms with Crippen molar-refractivity contribution in [3.8, 4) is 0 Å². The Kier molecular flexibility index (Phi) is 8.53. The number of alkyl halides is 6. The summed E-state index contributed by atoms with van der Waals surface area (Å²) >= 11 is 1.32. The van der Waals surface area contributed by atoms with Crippen LogP contribution in [0.5, 0.6) is 0 Å².